The highest BCUT2D eigenvalue weighted by Gasteiger charge is 2.26. The fourth-order valence-corrected chi connectivity index (χ4v) is 4.28. The van der Waals surface area contributed by atoms with Gasteiger partial charge in [-0.3, -0.25) is 13.9 Å². The van der Waals surface area contributed by atoms with Crippen molar-refractivity contribution in [1.82, 2.24) is 10.2 Å². The van der Waals surface area contributed by atoms with Gasteiger partial charge >= 0.3 is 0 Å². The molecule has 0 aromatic heterocycles. The number of aryl methyl sites for hydroxylation is 1. The zero-order chi connectivity index (χ0) is 24.8. The van der Waals surface area contributed by atoms with Crippen LogP contribution in [0.5, 0.6) is 0 Å². The number of nitrogens with one attached hydrogen (secondary N) is 1. The molecule has 0 aliphatic heterocycles. The molecule has 10 heteroatoms. The molecule has 0 radical (unpaired) electrons. The predicted molar refractivity (Wildman–Crippen MR) is 123 cm³/mol. The summed E-state index contributed by atoms with van der Waals surface area (Å²) in [5.41, 5.74) is 1.89. The number of sulfonamides is 1. The van der Waals surface area contributed by atoms with E-state index in [1.165, 1.54) is 18.0 Å². The van der Waals surface area contributed by atoms with E-state index in [1.807, 2.05) is 31.2 Å². The van der Waals surface area contributed by atoms with Crippen LogP contribution in [0, 0.1) is 18.6 Å². The lowest BCUT2D eigenvalue weighted by Crippen LogP contribution is -2.46. The first kappa shape index (κ1) is 26.2. The molecule has 0 bridgehead atoms. The van der Waals surface area contributed by atoms with Gasteiger partial charge in [-0.2, -0.15) is 0 Å². The van der Waals surface area contributed by atoms with Crippen LogP contribution in [-0.2, 0) is 26.2 Å². The number of hydrogen-bond acceptors (Lipinski definition) is 4. The van der Waals surface area contributed by atoms with Crippen molar-refractivity contribution in [2.75, 3.05) is 24.2 Å². The van der Waals surface area contributed by atoms with E-state index >= 15 is 0 Å². The zero-order valence-electron chi connectivity index (χ0n) is 19.1. The number of rotatable bonds is 10. The average Bonchev–Trinajstić information content (AvgIpc) is 2.76. The van der Waals surface area contributed by atoms with Crippen LogP contribution in [0.4, 0.5) is 14.5 Å². The van der Waals surface area contributed by atoms with E-state index in [4.69, 9.17) is 0 Å². The summed E-state index contributed by atoms with van der Waals surface area (Å²) in [7, 11) is -2.31. The quantitative estimate of drug-likeness (QED) is 0.565. The fraction of sp³-hybridized carbons (Fsp3) is 0.391. The SMILES string of the molecule is CNC(=O)C(C)N(Cc1ccc(C)cc1)C(=O)CCCN(c1ccc(F)c(F)c1)S(C)(=O)=O. The van der Waals surface area contributed by atoms with Gasteiger partial charge in [-0.15, -0.1) is 0 Å². The highest BCUT2D eigenvalue weighted by atomic mass is 32.2. The molecule has 1 unspecified atom stereocenters. The van der Waals surface area contributed by atoms with Gasteiger partial charge in [0.2, 0.25) is 21.8 Å². The van der Waals surface area contributed by atoms with Crippen molar-refractivity contribution in [3.05, 3.63) is 65.2 Å². The lowest BCUT2D eigenvalue weighted by molar-refractivity contribution is -0.140. The van der Waals surface area contributed by atoms with Crippen LogP contribution in [0.3, 0.4) is 0 Å². The topological polar surface area (TPSA) is 86.8 Å². The van der Waals surface area contributed by atoms with E-state index < -0.39 is 27.7 Å². The number of benzene rings is 2. The summed E-state index contributed by atoms with van der Waals surface area (Å²) in [4.78, 5) is 26.6. The third kappa shape index (κ3) is 7.24. The van der Waals surface area contributed by atoms with Crippen LogP contribution in [-0.4, -0.2) is 51.0 Å². The van der Waals surface area contributed by atoms with Gasteiger partial charge < -0.3 is 10.2 Å². The predicted octanol–water partition coefficient (Wildman–Crippen LogP) is 2.98. The molecule has 0 saturated heterocycles. The minimum absolute atomic E-state index is 0.0286. The lowest BCUT2D eigenvalue weighted by Gasteiger charge is -2.29. The molecule has 1 N–H and O–H groups in total. The monoisotopic (exact) mass is 481 g/mol. The summed E-state index contributed by atoms with van der Waals surface area (Å²) in [6.45, 7) is 3.67. The largest absolute Gasteiger partial charge is 0.357 e. The first-order valence-electron chi connectivity index (χ1n) is 10.4. The van der Waals surface area contributed by atoms with E-state index in [2.05, 4.69) is 5.32 Å². The number of amides is 2. The molecule has 2 rings (SSSR count). The molecule has 0 saturated carbocycles. The number of halogens is 2. The van der Waals surface area contributed by atoms with Crippen LogP contribution in [0.1, 0.15) is 30.9 Å². The zero-order valence-corrected chi connectivity index (χ0v) is 20.0. The maximum absolute atomic E-state index is 13.6. The third-order valence-electron chi connectivity index (χ3n) is 5.23. The summed E-state index contributed by atoms with van der Waals surface area (Å²) in [6, 6.07) is 9.65. The van der Waals surface area contributed by atoms with Crippen molar-refractivity contribution >= 4 is 27.5 Å². The molecule has 0 heterocycles. The van der Waals surface area contributed by atoms with E-state index in [9.17, 15) is 26.8 Å². The van der Waals surface area contributed by atoms with Crippen molar-refractivity contribution in [1.29, 1.82) is 0 Å². The fourth-order valence-electron chi connectivity index (χ4n) is 3.33. The molecule has 0 aliphatic rings. The summed E-state index contributed by atoms with van der Waals surface area (Å²) in [6.07, 6.45) is 1.03. The summed E-state index contributed by atoms with van der Waals surface area (Å²) in [5, 5.41) is 2.53. The molecule has 180 valence electrons. The number of likely N-dealkylation sites (N-methyl/N-ethyl adjacent to an activating group) is 1. The summed E-state index contributed by atoms with van der Waals surface area (Å²) >= 11 is 0. The second kappa shape index (κ2) is 11.2. The van der Waals surface area contributed by atoms with Gasteiger partial charge in [-0.25, -0.2) is 17.2 Å². The second-order valence-electron chi connectivity index (χ2n) is 7.83. The Bertz CT molecular complexity index is 1090. The van der Waals surface area contributed by atoms with Crippen LogP contribution in [0.2, 0.25) is 0 Å². The molecule has 2 amide bonds. The Hall–Kier alpha value is -3.01. The Kier molecular flexibility index (Phi) is 8.92. The molecule has 0 aliphatic carbocycles. The first-order chi connectivity index (χ1) is 15.4. The van der Waals surface area contributed by atoms with Gasteiger partial charge in [0, 0.05) is 32.6 Å². The van der Waals surface area contributed by atoms with E-state index in [1.54, 1.807) is 6.92 Å². The lowest BCUT2D eigenvalue weighted by atomic mass is 10.1. The van der Waals surface area contributed by atoms with Crippen molar-refractivity contribution in [2.24, 2.45) is 0 Å². The number of hydrogen-bond donors (Lipinski definition) is 1. The Morgan fingerprint density at radius 2 is 1.70 bits per heavy atom. The molecular weight excluding hydrogens is 452 g/mol. The van der Waals surface area contributed by atoms with Crippen molar-refractivity contribution in [2.45, 2.75) is 39.3 Å². The maximum atomic E-state index is 13.6. The van der Waals surface area contributed by atoms with Crippen LogP contribution < -0.4 is 9.62 Å². The Balaban J connectivity index is 2.15. The minimum Gasteiger partial charge on any atom is -0.357 e. The number of anilines is 1. The molecule has 33 heavy (non-hydrogen) atoms. The minimum atomic E-state index is -3.80. The van der Waals surface area contributed by atoms with Gasteiger partial charge in [0.15, 0.2) is 11.6 Å². The van der Waals surface area contributed by atoms with Crippen molar-refractivity contribution in [3.8, 4) is 0 Å². The summed E-state index contributed by atoms with van der Waals surface area (Å²) < 4.78 is 52.2. The number of carbonyl (C=O) groups excluding carboxylic acids is 2. The van der Waals surface area contributed by atoms with Crippen LogP contribution >= 0.6 is 0 Å². The Morgan fingerprint density at radius 1 is 1.06 bits per heavy atom. The Labute approximate surface area is 193 Å². The normalized spacial score (nSPS) is 12.2. The van der Waals surface area contributed by atoms with Gasteiger partial charge in [0.05, 0.1) is 11.9 Å². The highest BCUT2D eigenvalue weighted by Crippen LogP contribution is 2.21. The molecule has 0 spiro atoms. The number of carbonyl (C=O) groups is 2. The van der Waals surface area contributed by atoms with Gasteiger partial charge in [0.25, 0.3) is 0 Å². The van der Waals surface area contributed by atoms with E-state index in [-0.39, 0.29) is 43.4 Å². The number of nitrogens with zero attached hydrogens (tertiary/aromatic N) is 2. The molecule has 0 fully saturated rings. The van der Waals surface area contributed by atoms with Crippen LogP contribution in [0.15, 0.2) is 42.5 Å². The van der Waals surface area contributed by atoms with Gasteiger partial charge in [-0.05, 0) is 38.0 Å². The molecule has 2 aromatic rings. The van der Waals surface area contributed by atoms with Gasteiger partial charge in [-0.1, -0.05) is 29.8 Å². The second-order valence-corrected chi connectivity index (χ2v) is 9.74. The first-order valence-corrected chi connectivity index (χ1v) is 12.3. The van der Waals surface area contributed by atoms with Crippen LogP contribution in [0.25, 0.3) is 0 Å². The van der Waals surface area contributed by atoms with Gasteiger partial charge in [0.1, 0.15) is 6.04 Å². The molecule has 1 atom stereocenters. The van der Waals surface area contributed by atoms with E-state index in [0.717, 1.165) is 33.8 Å². The van der Waals surface area contributed by atoms with Crippen molar-refractivity contribution < 1.29 is 26.8 Å². The molecule has 2 aromatic carbocycles. The standard InChI is InChI=1S/C23H29F2N3O4S/c1-16-7-9-18(10-8-16)15-27(17(2)23(30)26-3)22(29)6-5-13-28(33(4,31)32)19-11-12-20(24)21(25)14-19/h7-12,14,17H,5-6,13,15H2,1-4H3,(H,26,30). The summed E-state index contributed by atoms with van der Waals surface area (Å²) in [5.74, 6) is -2.90. The molecular formula is C23H29F2N3O4S. The average molecular weight is 482 g/mol. The Morgan fingerprint density at radius 3 is 2.24 bits per heavy atom. The molecule has 7 nitrogen and oxygen atoms in total. The van der Waals surface area contributed by atoms with E-state index in [0.29, 0.717) is 0 Å². The maximum Gasteiger partial charge on any atom is 0.242 e. The van der Waals surface area contributed by atoms with Crippen molar-refractivity contribution in [3.63, 3.8) is 0 Å². The highest BCUT2D eigenvalue weighted by molar-refractivity contribution is 7.92. The smallest absolute Gasteiger partial charge is 0.242 e. The third-order valence-corrected chi connectivity index (χ3v) is 6.42.